The van der Waals surface area contributed by atoms with Crippen LogP contribution in [-0.2, 0) is 9.53 Å². The molecule has 2 heteroatoms. The fourth-order valence-electron chi connectivity index (χ4n) is 2.54. The molecule has 1 aliphatic rings. The fourth-order valence-corrected chi connectivity index (χ4v) is 2.54. The summed E-state index contributed by atoms with van der Waals surface area (Å²) >= 11 is 0. The van der Waals surface area contributed by atoms with Crippen molar-refractivity contribution in [3.63, 3.8) is 0 Å². The predicted molar refractivity (Wildman–Crippen MR) is 93.8 cm³/mol. The Kier molecular flexibility index (Phi) is 5.25. The van der Waals surface area contributed by atoms with Gasteiger partial charge in [0.05, 0.1) is 0 Å². The van der Waals surface area contributed by atoms with Crippen LogP contribution in [-0.4, -0.2) is 12.6 Å². The number of carbonyl (C=O) groups excluding carboxylic acids is 1. The van der Waals surface area contributed by atoms with E-state index in [0.29, 0.717) is 13.0 Å². The minimum Gasteiger partial charge on any atom is -0.461 e. The third-order valence-electron chi connectivity index (χ3n) is 4.12. The zero-order valence-electron chi connectivity index (χ0n) is 13.3. The number of hydrogen-bond donors (Lipinski definition) is 0. The molecule has 0 atom stereocenters. The Labute approximate surface area is 137 Å². The molecular weight excluding hydrogens is 284 g/mol. The van der Waals surface area contributed by atoms with Gasteiger partial charge >= 0.3 is 5.97 Å². The average Bonchev–Trinajstić information content (AvgIpc) is 3.43. The number of benzene rings is 2. The predicted octanol–water partition coefficient (Wildman–Crippen LogP) is 5.10. The Morgan fingerprint density at radius 3 is 2.39 bits per heavy atom. The molecular formula is C21H22O2. The van der Waals surface area contributed by atoms with E-state index in [2.05, 4.69) is 36.4 Å². The lowest BCUT2D eigenvalue weighted by Crippen LogP contribution is -2.04. The largest absolute Gasteiger partial charge is 0.461 e. The highest BCUT2D eigenvalue weighted by Crippen LogP contribution is 2.33. The Morgan fingerprint density at radius 2 is 1.70 bits per heavy atom. The topological polar surface area (TPSA) is 26.3 Å². The second-order valence-electron chi connectivity index (χ2n) is 6.06. The summed E-state index contributed by atoms with van der Waals surface area (Å²) in [6.07, 6.45) is 8.00. The number of carbonyl (C=O) groups is 1. The van der Waals surface area contributed by atoms with Gasteiger partial charge in [-0.2, -0.15) is 0 Å². The van der Waals surface area contributed by atoms with Crippen molar-refractivity contribution in [1.29, 1.82) is 0 Å². The molecule has 118 valence electrons. The lowest BCUT2D eigenvalue weighted by Gasteiger charge is -2.02. The summed E-state index contributed by atoms with van der Waals surface area (Å²) in [6, 6.07) is 18.7. The molecule has 2 nitrogen and oxygen atoms in total. The van der Waals surface area contributed by atoms with E-state index in [1.165, 1.54) is 24.0 Å². The van der Waals surface area contributed by atoms with E-state index in [9.17, 15) is 4.79 Å². The molecule has 2 aromatic rings. The third kappa shape index (κ3) is 5.10. The van der Waals surface area contributed by atoms with Gasteiger partial charge in [-0.15, -0.1) is 0 Å². The Bertz CT molecular complexity index is 652. The summed E-state index contributed by atoms with van der Waals surface area (Å²) in [7, 11) is 0. The third-order valence-corrected chi connectivity index (χ3v) is 4.12. The van der Waals surface area contributed by atoms with Gasteiger partial charge in [0.25, 0.3) is 0 Å². The van der Waals surface area contributed by atoms with Crippen molar-refractivity contribution in [2.75, 3.05) is 6.61 Å². The molecule has 1 fully saturated rings. The van der Waals surface area contributed by atoms with Crippen LogP contribution in [0.2, 0.25) is 0 Å². The summed E-state index contributed by atoms with van der Waals surface area (Å²) in [5.74, 6) is 0.696. The van der Waals surface area contributed by atoms with Crippen LogP contribution in [0.5, 0.6) is 0 Å². The van der Waals surface area contributed by atoms with Gasteiger partial charge < -0.3 is 4.74 Å². The van der Waals surface area contributed by atoms with Gasteiger partial charge in [-0.05, 0) is 35.1 Å². The molecule has 1 saturated carbocycles. The number of rotatable bonds is 7. The lowest BCUT2D eigenvalue weighted by molar-refractivity contribution is -0.142. The van der Waals surface area contributed by atoms with Crippen molar-refractivity contribution in [3.8, 4) is 11.1 Å². The van der Waals surface area contributed by atoms with Crippen molar-refractivity contribution in [1.82, 2.24) is 0 Å². The Hall–Kier alpha value is -2.35. The highest BCUT2D eigenvalue weighted by atomic mass is 16.5. The van der Waals surface area contributed by atoms with E-state index in [1.54, 1.807) is 0 Å². The number of esters is 1. The smallest absolute Gasteiger partial charge is 0.306 e. The second kappa shape index (κ2) is 7.77. The highest BCUT2D eigenvalue weighted by molar-refractivity contribution is 5.69. The molecule has 0 bridgehead atoms. The molecule has 23 heavy (non-hydrogen) atoms. The van der Waals surface area contributed by atoms with E-state index in [-0.39, 0.29) is 5.97 Å². The fraction of sp³-hybridized carbons (Fsp3) is 0.286. The molecule has 2 aromatic carbocycles. The Morgan fingerprint density at radius 1 is 1.00 bits per heavy atom. The van der Waals surface area contributed by atoms with Crippen LogP contribution >= 0.6 is 0 Å². The molecule has 0 radical (unpaired) electrons. The quantitative estimate of drug-likeness (QED) is 0.665. The molecule has 0 aliphatic heterocycles. The SMILES string of the molecule is O=C(CCC1CC1)OC/C=C/c1ccc(-c2ccccc2)cc1. The molecule has 0 heterocycles. The first-order chi connectivity index (χ1) is 11.3. The van der Waals surface area contributed by atoms with Gasteiger partial charge in [-0.25, -0.2) is 0 Å². The minimum atomic E-state index is -0.0824. The summed E-state index contributed by atoms with van der Waals surface area (Å²) in [4.78, 5) is 11.5. The zero-order chi connectivity index (χ0) is 15.9. The van der Waals surface area contributed by atoms with Crippen LogP contribution in [0.15, 0.2) is 60.7 Å². The second-order valence-corrected chi connectivity index (χ2v) is 6.06. The van der Waals surface area contributed by atoms with Crippen molar-refractivity contribution in [2.24, 2.45) is 5.92 Å². The minimum absolute atomic E-state index is 0.0824. The molecule has 0 saturated heterocycles. The number of ether oxygens (including phenoxy) is 1. The molecule has 0 amide bonds. The standard InChI is InChI=1S/C21H22O2/c22-21(15-12-18-8-9-18)23-16-4-5-17-10-13-20(14-11-17)19-6-2-1-3-7-19/h1-7,10-11,13-14,18H,8-9,12,15-16H2/b5-4+. The average molecular weight is 306 g/mol. The van der Waals surface area contributed by atoms with Crippen molar-refractivity contribution in [3.05, 3.63) is 66.2 Å². The van der Waals surface area contributed by atoms with Gasteiger partial charge in [0, 0.05) is 6.42 Å². The van der Waals surface area contributed by atoms with Crippen molar-refractivity contribution >= 4 is 12.0 Å². The van der Waals surface area contributed by atoms with Gasteiger partial charge in [0.1, 0.15) is 6.61 Å². The maximum Gasteiger partial charge on any atom is 0.306 e. The van der Waals surface area contributed by atoms with E-state index < -0.39 is 0 Å². The maximum absolute atomic E-state index is 11.5. The van der Waals surface area contributed by atoms with Gasteiger partial charge in [-0.1, -0.05) is 73.5 Å². The summed E-state index contributed by atoms with van der Waals surface area (Å²) < 4.78 is 5.21. The van der Waals surface area contributed by atoms with Crippen LogP contribution in [0.25, 0.3) is 17.2 Å². The van der Waals surface area contributed by atoms with Crippen molar-refractivity contribution in [2.45, 2.75) is 25.7 Å². The van der Waals surface area contributed by atoms with E-state index in [4.69, 9.17) is 4.74 Å². The van der Waals surface area contributed by atoms with E-state index in [1.807, 2.05) is 30.4 Å². The molecule has 0 N–H and O–H groups in total. The number of hydrogen-bond acceptors (Lipinski definition) is 2. The lowest BCUT2D eigenvalue weighted by atomic mass is 10.0. The maximum atomic E-state index is 11.5. The van der Waals surface area contributed by atoms with Crippen LogP contribution < -0.4 is 0 Å². The molecule has 0 aromatic heterocycles. The first-order valence-corrected chi connectivity index (χ1v) is 8.29. The molecule has 3 rings (SSSR count). The zero-order valence-corrected chi connectivity index (χ0v) is 13.3. The van der Waals surface area contributed by atoms with Gasteiger partial charge in [0.15, 0.2) is 0 Å². The van der Waals surface area contributed by atoms with Gasteiger partial charge in [-0.3, -0.25) is 4.79 Å². The molecule has 0 spiro atoms. The first kappa shape index (κ1) is 15.5. The monoisotopic (exact) mass is 306 g/mol. The van der Waals surface area contributed by atoms with Crippen LogP contribution in [0, 0.1) is 5.92 Å². The molecule has 1 aliphatic carbocycles. The van der Waals surface area contributed by atoms with Crippen LogP contribution in [0.1, 0.15) is 31.2 Å². The summed E-state index contributed by atoms with van der Waals surface area (Å²) in [5, 5.41) is 0. The normalized spacial score (nSPS) is 14.1. The van der Waals surface area contributed by atoms with Gasteiger partial charge in [0.2, 0.25) is 0 Å². The van der Waals surface area contributed by atoms with Crippen molar-refractivity contribution < 1.29 is 9.53 Å². The summed E-state index contributed by atoms with van der Waals surface area (Å²) in [5.41, 5.74) is 3.53. The Balaban J connectivity index is 1.45. The molecule has 0 unspecified atom stereocenters. The van der Waals surface area contributed by atoms with E-state index in [0.717, 1.165) is 17.9 Å². The van der Waals surface area contributed by atoms with Crippen LogP contribution in [0.4, 0.5) is 0 Å². The first-order valence-electron chi connectivity index (χ1n) is 8.29. The van der Waals surface area contributed by atoms with Crippen LogP contribution in [0.3, 0.4) is 0 Å². The highest BCUT2D eigenvalue weighted by Gasteiger charge is 2.21. The van der Waals surface area contributed by atoms with E-state index >= 15 is 0 Å². The summed E-state index contributed by atoms with van der Waals surface area (Å²) in [6.45, 7) is 0.351.